The average Bonchev–Trinajstić information content (AvgIpc) is 2.42. The molecule has 0 spiro atoms. The highest BCUT2D eigenvalue weighted by atomic mass is 79.9. The van der Waals surface area contributed by atoms with Gasteiger partial charge in [0.05, 0.1) is 0 Å². The Labute approximate surface area is 125 Å². The van der Waals surface area contributed by atoms with Gasteiger partial charge >= 0.3 is 0 Å². The van der Waals surface area contributed by atoms with Crippen LogP contribution in [0.2, 0.25) is 0 Å². The molecule has 0 saturated carbocycles. The molecule has 0 aromatic heterocycles. The Morgan fingerprint density at radius 1 is 1.16 bits per heavy atom. The Morgan fingerprint density at radius 3 is 2.42 bits per heavy atom. The van der Waals surface area contributed by atoms with Crippen molar-refractivity contribution in [2.75, 3.05) is 11.6 Å². The Hall–Kier alpha value is -1.26. The molecule has 0 aliphatic carbocycles. The molecule has 1 N–H and O–H groups in total. The van der Waals surface area contributed by atoms with Crippen LogP contribution in [0, 0.1) is 6.92 Å². The Balaban J connectivity index is 2.13. The number of hydrogen-bond acceptors (Lipinski definition) is 2. The van der Waals surface area contributed by atoms with Crippen molar-refractivity contribution in [3.05, 3.63) is 58.1 Å². The van der Waals surface area contributed by atoms with Gasteiger partial charge in [0.2, 0.25) is 0 Å². The first-order chi connectivity index (χ1) is 9.10. The van der Waals surface area contributed by atoms with Gasteiger partial charge < -0.3 is 5.32 Å². The van der Waals surface area contributed by atoms with Gasteiger partial charge in [-0.3, -0.25) is 4.79 Å². The summed E-state index contributed by atoms with van der Waals surface area (Å²) in [6.07, 6.45) is 2.03. The van der Waals surface area contributed by atoms with E-state index in [-0.39, 0.29) is 5.91 Å². The van der Waals surface area contributed by atoms with Gasteiger partial charge in [0.1, 0.15) is 0 Å². The summed E-state index contributed by atoms with van der Waals surface area (Å²) in [7, 11) is 0. The number of benzene rings is 2. The molecule has 4 heteroatoms. The van der Waals surface area contributed by atoms with Crippen LogP contribution in [0.1, 0.15) is 15.9 Å². The van der Waals surface area contributed by atoms with Crippen LogP contribution >= 0.6 is 27.7 Å². The molecule has 0 fully saturated rings. The molecule has 0 heterocycles. The molecule has 0 radical (unpaired) electrons. The SMILES string of the molecule is CSc1ccc(NC(=O)c2ccc(C)c(Br)c2)cc1. The van der Waals surface area contributed by atoms with E-state index in [4.69, 9.17) is 0 Å². The summed E-state index contributed by atoms with van der Waals surface area (Å²) in [6, 6.07) is 13.4. The average molecular weight is 336 g/mol. The molecule has 0 bridgehead atoms. The lowest BCUT2D eigenvalue weighted by molar-refractivity contribution is 0.102. The molecule has 0 atom stereocenters. The summed E-state index contributed by atoms with van der Waals surface area (Å²) in [5, 5.41) is 2.89. The summed E-state index contributed by atoms with van der Waals surface area (Å²) >= 11 is 5.11. The molecule has 2 rings (SSSR count). The summed E-state index contributed by atoms with van der Waals surface area (Å²) < 4.78 is 0.942. The minimum Gasteiger partial charge on any atom is -0.322 e. The molecule has 19 heavy (non-hydrogen) atoms. The van der Waals surface area contributed by atoms with E-state index >= 15 is 0 Å². The Kier molecular flexibility index (Phi) is 4.66. The normalized spacial score (nSPS) is 10.3. The second-order valence-corrected chi connectivity index (χ2v) is 5.88. The van der Waals surface area contributed by atoms with Crippen LogP contribution in [0.5, 0.6) is 0 Å². The summed E-state index contributed by atoms with van der Waals surface area (Å²) in [4.78, 5) is 13.3. The van der Waals surface area contributed by atoms with E-state index in [9.17, 15) is 4.79 Å². The molecule has 0 aliphatic rings. The summed E-state index contributed by atoms with van der Waals surface area (Å²) in [5.41, 5.74) is 2.56. The molecular weight excluding hydrogens is 322 g/mol. The first-order valence-electron chi connectivity index (χ1n) is 5.81. The molecule has 0 unspecified atom stereocenters. The van der Waals surface area contributed by atoms with Gasteiger partial charge in [0.25, 0.3) is 5.91 Å². The van der Waals surface area contributed by atoms with Crippen molar-refractivity contribution >= 4 is 39.3 Å². The Bertz CT molecular complexity index is 596. The Morgan fingerprint density at radius 2 is 1.84 bits per heavy atom. The van der Waals surface area contributed by atoms with Crippen molar-refractivity contribution in [1.29, 1.82) is 0 Å². The van der Waals surface area contributed by atoms with Gasteiger partial charge in [0.15, 0.2) is 0 Å². The lowest BCUT2D eigenvalue weighted by Crippen LogP contribution is -2.11. The lowest BCUT2D eigenvalue weighted by atomic mass is 10.1. The van der Waals surface area contributed by atoms with E-state index < -0.39 is 0 Å². The van der Waals surface area contributed by atoms with E-state index in [0.717, 1.165) is 15.7 Å². The number of hydrogen-bond donors (Lipinski definition) is 1. The number of rotatable bonds is 3. The van der Waals surface area contributed by atoms with Crippen molar-refractivity contribution in [2.45, 2.75) is 11.8 Å². The number of carbonyl (C=O) groups is 1. The topological polar surface area (TPSA) is 29.1 Å². The van der Waals surface area contributed by atoms with Gasteiger partial charge in [-0.05, 0) is 55.1 Å². The zero-order chi connectivity index (χ0) is 13.8. The van der Waals surface area contributed by atoms with Crippen LogP contribution < -0.4 is 5.32 Å². The van der Waals surface area contributed by atoms with Crippen LogP contribution in [-0.4, -0.2) is 12.2 Å². The summed E-state index contributed by atoms with van der Waals surface area (Å²) in [5.74, 6) is -0.0994. The fourth-order valence-corrected chi connectivity index (χ4v) is 2.40. The number of anilines is 1. The van der Waals surface area contributed by atoms with Crippen molar-refractivity contribution in [3.8, 4) is 0 Å². The van der Waals surface area contributed by atoms with Crippen molar-refractivity contribution in [3.63, 3.8) is 0 Å². The van der Waals surface area contributed by atoms with Gasteiger partial charge in [-0.25, -0.2) is 0 Å². The number of nitrogens with one attached hydrogen (secondary N) is 1. The van der Waals surface area contributed by atoms with Crippen LogP contribution in [0.4, 0.5) is 5.69 Å². The molecule has 1 amide bonds. The lowest BCUT2D eigenvalue weighted by Gasteiger charge is -2.07. The molecule has 2 aromatic rings. The van der Waals surface area contributed by atoms with E-state index in [2.05, 4.69) is 21.2 Å². The quantitative estimate of drug-likeness (QED) is 0.821. The van der Waals surface area contributed by atoms with Gasteiger partial charge in [-0.2, -0.15) is 0 Å². The van der Waals surface area contributed by atoms with Crippen molar-refractivity contribution in [2.24, 2.45) is 0 Å². The minimum atomic E-state index is -0.0994. The van der Waals surface area contributed by atoms with Gasteiger partial charge in [0, 0.05) is 20.6 Å². The van der Waals surface area contributed by atoms with E-state index in [1.807, 2.05) is 55.6 Å². The fourth-order valence-electron chi connectivity index (χ4n) is 1.61. The van der Waals surface area contributed by atoms with Crippen LogP contribution in [0.3, 0.4) is 0 Å². The van der Waals surface area contributed by atoms with Crippen molar-refractivity contribution in [1.82, 2.24) is 0 Å². The molecular formula is C15H14BrNOS. The monoisotopic (exact) mass is 335 g/mol. The maximum absolute atomic E-state index is 12.1. The van der Waals surface area contributed by atoms with Crippen LogP contribution in [-0.2, 0) is 0 Å². The highest BCUT2D eigenvalue weighted by Crippen LogP contribution is 2.20. The second-order valence-electron chi connectivity index (χ2n) is 4.15. The number of halogens is 1. The number of amides is 1. The van der Waals surface area contributed by atoms with E-state index in [1.54, 1.807) is 11.8 Å². The molecule has 2 aromatic carbocycles. The first kappa shape index (κ1) is 14.2. The predicted octanol–water partition coefficient (Wildman–Crippen LogP) is 4.73. The molecule has 0 saturated heterocycles. The third-order valence-corrected chi connectivity index (χ3v) is 4.38. The molecule has 0 aliphatic heterocycles. The third-order valence-electron chi connectivity index (χ3n) is 2.78. The number of carbonyl (C=O) groups excluding carboxylic acids is 1. The highest BCUT2D eigenvalue weighted by molar-refractivity contribution is 9.10. The standard InChI is InChI=1S/C15H14BrNOS/c1-10-3-4-11(9-14(10)16)15(18)17-12-5-7-13(19-2)8-6-12/h3-9H,1-2H3,(H,17,18). The molecule has 2 nitrogen and oxygen atoms in total. The van der Waals surface area contributed by atoms with E-state index in [0.29, 0.717) is 5.56 Å². The smallest absolute Gasteiger partial charge is 0.255 e. The highest BCUT2D eigenvalue weighted by Gasteiger charge is 2.07. The fraction of sp³-hybridized carbons (Fsp3) is 0.133. The second kappa shape index (κ2) is 6.26. The minimum absolute atomic E-state index is 0.0994. The largest absolute Gasteiger partial charge is 0.322 e. The van der Waals surface area contributed by atoms with Crippen LogP contribution in [0.15, 0.2) is 51.8 Å². The number of aryl methyl sites for hydroxylation is 1. The zero-order valence-electron chi connectivity index (χ0n) is 10.7. The zero-order valence-corrected chi connectivity index (χ0v) is 13.1. The van der Waals surface area contributed by atoms with E-state index in [1.165, 1.54) is 4.90 Å². The maximum atomic E-state index is 12.1. The van der Waals surface area contributed by atoms with Crippen LogP contribution in [0.25, 0.3) is 0 Å². The van der Waals surface area contributed by atoms with Crippen molar-refractivity contribution < 1.29 is 4.79 Å². The van der Waals surface area contributed by atoms with Gasteiger partial charge in [-0.1, -0.05) is 22.0 Å². The maximum Gasteiger partial charge on any atom is 0.255 e. The first-order valence-corrected chi connectivity index (χ1v) is 7.83. The predicted molar refractivity (Wildman–Crippen MR) is 85.1 cm³/mol. The number of thioether (sulfide) groups is 1. The summed E-state index contributed by atoms with van der Waals surface area (Å²) in [6.45, 7) is 1.99. The molecule has 98 valence electrons. The third kappa shape index (κ3) is 3.61. The van der Waals surface area contributed by atoms with Gasteiger partial charge in [-0.15, -0.1) is 11.8 Å².